The smallest absolute Gasteiger partial charge is 0.270 e. The Morgan fingerprint density at radius 1 is 1.16 bits per heavy atom. The van der Waals surface area contributed by atoms with E-state index in [4.69, 9.17) is 16.3 Å². The van der Waals surface area contributed by atoms with E-state index in [1.54, 1.807) is 29.2 Å². The van der Waals surface area contributed by atoms with E-state index in [9.17, 15) is 14.4 Å². The van der Waals surface area contributed by atoms with E-state index in [1.165, 1.54) is 13.8 Å². The second-order valence-electron chi connectivity index (χ2n) is 7.29. The number of fused-ring (bicyclic) bond motifs is 2. The molecule has 2 aromatic rings. The predicted octanol–water partition coefficient (Wildman–Crippen LogP) is 3.31. The van der Waals surface area contributed by atoms with E-state index in [2.05, 4.69) is 10.4 Å². The molecule has 0 saturated heterocycles. The van der Waals surface area contributed by atoms with Crippen LogP contribution < -0.4 is 15.0 Å². The number of amides is 3. The van der Waals surface area contributed by atoms with Crippen LogP contribution in [0.5, 0.6) is 5.75 Å². The molecule has 2 aliphatic rings. The van der Waals surface area contributed by atoms with Crippen molar-refractivity contribution in [2.75, 3.05) is 18.1 Å². The van der Waals surface area contributed by atoms with E-state index in [0.29, 0.717) is 41.6 Å². The lowest BCUT2D eigenvalue weighted by Crippen LogP contribution is -2.48. The highest BCUT2D eigenvalue weighted by atomic mass is 35.5. The zero-order valence-electron chi connectivity index (χ0n) is 17.5. The van der Waals surface area contributed by atoms with Crippen molar-refractivity contribution in [1.29, 1.82) is 0 Å². The number of halogens is 1. The van der Waals surface area contributed by atoms with Gasteiger partial charge < -0.3 is 15.0 Å². The van der Waals surface area contributed by atoms with Gasteiger partial charge in [-0.2, -0.15) is 5.01 Å². The average Bonchev–Trinajstić information content (AvgIpc) is 3.24. The van der Waals surface area contributed by atoms with Crippen molar-refractivity contribution in [3.05, 3.63) is 59.1 Å². The van der Waals surface area contributed by atoms with Crippen LogP contribution in [0.1, 0.15) is 25.8 Å². The first-order valence-electron chi connectivity index (χ1n) is 9.99. The summed E-state index contributed by atoms with van der Waals surface area (Å²) in [6, 6.07) is 14.4. The Hall–Kier alpha value is -3.04. The molecule has 0 aliphatic carbocycles. The van der Waals surface area contributed by atoms with Crippen molar-refractivity contribution in [2.24, 2.45) is 5.10 Å². The fourth-order valence-electron chi connectivity index (χ4n) is 3.73. The minimum Gasteiger partial charge on any atom is -0.494 e. The fourth-order valence-corrected chi connectivity index (χ4v) is 5.19. The van der Waals surface area contributed by atoms with Crippen LogP contribution in [0.2, 0.25) is 5.02 Å². The third-order valence-corrected chi connectivity index (χ3v) is 6.51. The van der Waals surface area contributed by atoms with Crippen molar-refractivity contribution in [3.8, 4) is 5.75 Å². The number of hydrazone groups is 1. The van der Waals surface area contributed by atoms with E-state index >= 15 is 0 Å². The van der Waals surface area contributed by atoms with Crippen molar-refractivity contribution >= 4 is 51.9 Å². The maximum atomic E-state index is 13.7. The monoisotopic (exact) mass is 472 g/mol. The largest absolute Gasteiger partial charge is 0.494 e. The Bertz CT molecular complexity index is 1110. The maximum Gasteiger partial charge on any atom is 0.270 e. The molecule has 1 spiro atoms. The Labute approximate surface area is 194 Å². The van der Waals surface area contributed by atoms with E-state index in [-0.39, 0.29) is 17.0 Å². The van der Waals surface area contributed by atoms with Gasteiger partial charge in [-0.25, -0.2) is 0 Å². The van der Waals surface area contributed by atoms with Crippen molar-refractivity contribution in [1.82, 2.24) is 10.3 Å². The molecule has 0 bridgehead atoms. The Morgan fingerprint density at radius 2 is 1.88 bits per heavy atom. The lowest BCUT2D eigenvalue weighted by atomic mass is 10.1. The van der Waals surface area contributed by atoms with E-state index in [1.807, 2.05) is 24.3 Å². The number of carbonyl (C=O) groups is 3. The Kier molecular flexibility index (Phi) is 6.12. The van der Waals surface area contributed by atoms with Crippen LogP contribution >= 0.6 is 23.4 Å². The first-order chi connectivity index (χ1) is 15.3. The van der Waals surface area contributed by atoms with Crippen molar-refractivity contribution in [2.45, 2.75) is 25.1 Å². The quantitative estimate of drug-likeness (QED) is 0.674. The number of para-hydroxylation sites is 1. The first-order valence-corrected chi connectivity index (χ1v) is 11.2. The van der Waals surface area contributed by atoms with Gasteiger partial charge in [-0.3, -0.25) is 14.4 Å². The van der Waals surface area contributed by atoms with Crippen LogP contribution in [0.3, 0.4) is 0 Å². The number of thioether (sulfide) groups is 1. The summed E-state index contributed by atoms with van der Waals surface area (Å²) in [5.41, 5.74) is 1.37. The molecule has 0 fully saturated rings. The van der Waals surface area contributed by atoms with Crippen LogP contribution in [-0.2, 0) is 19.3 Å². The van der Waals surface area contributed by atoms with Crippen molar-refractivity contribution < 1.29 is 19.1 Å². The molecular weight excluding hydrogens is 452 g/mol. The topological polar surface area (TPSA) is 91.3 Å². The highest BCUT2D eigenvalue weighted by Gasteiger charge is 2.60. The molecule has 2 aliphatic heterocycles. The number of hydrogen-bond donors (Lipinski definition) is 1. The standard InChI is InChI=1S/C22H21ClN4O4S/c1-14(28)24-21-25-27(15(2)29)22(32-21)18-6-3-4-7-19(18)26(20(22)30)12-5-13-31-17-10-8-16(23)9-11-17/h3-4,6-11H,5,12-13H2,1-2H3,(H,24,25,28). The molecule has 2 heterocycles. The first kappa shape index (κ1) is 22.2. The number of anilines is 1. The number of nitrogens with zero attached hydrogens (tertiary/aromatic N) is 3. The molecule has 1 unspecified atom stereocenters. The minimum atomic E-state index is -1.38. The summed E-state index contributed by atoms with van der Waals surface area (Å²) < 4.78 is 5.74. The molecule has 0 radical (unpaired) electrons. The van der Waals surface area contributed by atoms with Gasteiger partial charge in [-0.05, 0) is 48.5 Å². The van der Waals surface area contributed by atoms with Gasteiger partial charge in [-0.15, -0.1) is 5.10 Å². The van der Waals surface area contributed by atoms with E-state index < -0.39 is 10.8 Å². The highest BCUT2D eigenvalue weighted by Crippen LogP contribution is 2.54. The summed E-state index contributed by atoms with van der Waals surface area (Å²) in [6.45, 7) is 3.50. The summed E-state index contributed by atoms with van der Waals surface area (Å²) in [5, 5.41) is 8.84. The van der Waals surface area contributed by atoms with Crippen LogP contribution in [-0.4, -0.2) is 41.0 Å². The second-order valence-corrected chi connectivity index (χ2v) is 8.91. The zero-order valence-corrected chi connectivity index (χ0v) is 19.1. The number of nitrogens with one attached hydrogen (secondary N) is 1. The zero-order chi connectivity index (χ0) is 22.9. The van der Waals surface area contributed by atoms with Crippen LogP contribution in [0, 0.1) is 0 Å². The number of hydrogen-bond acceptors (Lipinski definition) is 6. The van der Waals surface area contributed by atoms with Gasteiger partial charge in [0.25, 0.3) is 5.91 Å². The molecule has 2 aromatic carbocycles. The van der Waals surface area contributed by atoms with Crippen molar-refractivity contribution in [3.63, 3.8) is 0 Å². The maximum absolute atomic E-state index is 13.7. The third kappa shape index (κ3) is 3.93. The molecule has 32 heavy (non-hydrogen) atoms. The number of benzene rings is 2. The van der Waals surface area contributed by atoms with Crippen LogP contribution in [0.4, 0.5) is 5.69 Å². The summed E-state index contributed by atoms with van der Waals surface area (Å²) in [4.78, 5) is 38.0. The molecule has 1 atom stereocenters. The molecule has 10 heteroatoms. The predicted molar refractivity (Wildman–Crippen MR) is 123 cm³/mol. The molecule has 8 nitrogen and oxygen atoms in total. The number of rotatable bonds is 5. The van der Waals surface area contributed by atoms with Gasteiger partial charge in [0.1, 0.15) is 5.75 Å². The minimum absolute atomic E-state index is 0.212. The summed E-state index contributed by atoms with van der Waals surface area (Å²) in [6.07, 6.45) is 0.572. The SMILES string of the molecule is CC(=O)NC1=NN(C(C)=O)C2(S1)C(=O)N(CCCOc1ccc(Cl)cc1)c1ccccc12. The number of ether oxygens (including phenoxy) is 1. The summed E-state index contributed by atoms with van der Waals surface area (Å²) in [7, 11) is 0. The number of amidine groups is 1. The van der Waals surface area contributed by atoms with Gasteiger partial charge in [0.05, 0.1) is 12.3 Å². The summed E-state index contributed by atoms with van der Waals surface area (Å²) in [5.74, 6) is -0.309. The van der Waals surface area contributed by atoms with Gasteiger partial charge in [0.2, 0.25) is 16.7 Å². The van der Waals surface area contributed by atoms with Gasteiger partial charge in [-0.1, -0.05) is 29.8 Å². The third-order valence-electron chi connectivity index (χ3n) is 5.02. The highest BCUT2D eigenvalue weighted by molar-refractivity contribution is 8.15. The Morgan fingerprint density at radius 3 is 2.56 bits per heavy atom. The average molecular weight is 473 g/mol. The van der Waals surface area contributed by atoms with Crippen LogP contribution in [0.15, 0.2) is 53.6 Å². The lowest BCUT2D eigenvalue weighted by molar-refractivity contribution is -0.139. The molecule has 166 valence electrons. The lowest BCUT2D eigenvalue weighted by Gasteiger charge is -2.29. The van der Waals surface area contributed by atoms with E-state index in [0.717, 1.165) is 16.8 Å². The van der Waals surface area contributed by atoms with Crippen LogP contribution in [0.25, 0.3) is 0 Å². The van der Waals surface area contributed by atoms with Gasteiger partial charge in [0, 0.05) is 31.0 Å². The van der Waals surface area contributed by atoms with Gasteiger partial charge in [0.15, 0.2) is 5.17 Å². The normalized spacial score (nSPS) is 19.2. The molecular formula is C22H21ClN4O4S. The molecule has 4 rings (SSSR count). The fraction of sp³-hybridized carbons (Fsp3) is 0.273. The molecule has 0 saturated carbocycles. The summed E-state index contributed by atoms with van der Waals surface area (Å²) >= 11 is 6.96. The molecule has 3 amide bonds. The number of carbonyl (C=O) groups excluding carboxylic acids is 3. The molecule has 0 aromatic heterocycles. The Balaban J connectivity index is 1.55. The second kappa shape index (κ2) is 8.84. The molecule has 1 N–H and O–H groups in total. The van der Waals surface area contributed by atoms with Gasteiger partial charge >= 0.3 is 0 Å².